The molecule has 0 saturated heterocycles. The van der Waals surface area contributed by atoms with Crippen LogP contribution in [0.1, 0.15) is 28.4 Å². The van der Waals surface area contributed by atoms with Crippen LogP contribution in [0.3, 0.4) is 0 Å². The van der Waals surface area contributed by atoms with Gasteiger partial charge in [-0.1, -0.05) is 17.1 Å². The Hall–Kier alpha value is -1.27. The maximum Gasteiger partial charge on any atom is 0.159 e. The number of benzene rings is 1. The van der Waals surface area contributed by atoms with Gasteiger partial charge in [-0.05, 0) is 25.5 Å². The molecule has 70 valence electrons. The first-order valence-electron chi connectivity index (χ1n) is 4.19. The third-order valence-electron chi connectivity index (χ3n) is 2.27. The van der Waals surface area contributed by atoms with Gasteiger partial charge in [-0.3, -0.25) is 4.79 Å². The number of carbonyl (C=O) groups is 1. The first kappa shape index (κ1) is 10.8. The fraction of sp³-hybridized carbons (Fsp3) is 0.200. The average molecular weight is 205 g/mol. The lowest BCUT2D eigenvalue weighted by Gasteiger charge is -2.08. The highest BCUT2D eigenvalue weighted by Crippen LogP contribution is 2.19. The molecular weight excluding hydrogens is 196 g/mol. The minimum absolute atomic E-state index is 0.0686. The molecule has 1 rings (SSSR count). The number of rotatable bonds is 1. The van der Waals surface area contributed by atoms with Crippen LogP contribution in [0.15, 0.2) is 6.07 Å². The van der Waals surface area contributed by atoms with Gasteiger partial charge < -0.3 is 0 Å². The largest absolute Gasteiger partial charge is 0.295 e. The molecule has 0 N–H and O–H groups in total. The summed E-state index contributed by atoms with van der Waals surface area (Å²) < 4.78 is 0. The predicted molar refractivity (Wildman–Crippen MR) is 59.1 cm³/mol. The molecule has 1 aromatic rings. The van der Waals surface area contributed by atoms with Crippen molar-refractivity contribution in [3.8, 4) is 6.07 Å². The van der Waals surface area contributed by atoms with E-state index in [4.69, 9.17) is 16.9 Å². The van der Waals surface area contributed by atoms with Crippen molar-refractivity contribution in [3.05, 3.63) is 27.8 Å². The zero-order chi connectivity index (χ0) is 10.9. The van der Waals surface area contributed by atoms with Gasteiger partial charge in [0.1, 0.15) is 7.85 Å². The van der Waals surface area contributed by atoms with Crippen molar-refractivity contribution in [1.29, 1.82) is 5.26 Å². The SMILES string of the molecule is Bc1c(C(C)=O)cc(Cl)c(C)c1C#N. The molecule has 0 unspecified atom stereocenters. The number of hydrogen-bond acceptors (Lipinski definition) is 2. The van der Waals surface area contributed by atoms with Crippen LogP contribution >= 0.6 is 11.6 Å². The van der Waals surface area contributed by atoms with E-state index in [1.54, 1.807) is 20.8 Å². The van der Waals surface area contributed by atoms with Crippen LogP contribution in [0, 0.1) is 18.3 Å². The quantitative estimate of drug-likeness (QED) is 0.507. The molecule has 4 heteroatoms. The van der Waals surface area contributed by atoms with Crippen molar-refractivity contribution in [2.24, 2.45) is 0 Å². The summed E-state index contributed by atoms with van der Waals surface area (Å²) in [6.07, 6.45) is 0. The Morgan fingerprint density at radius 3 is 2.64 bits per heavy atom. The second-order valence-corrected chi connectivity index (χ2v) is 3.61. The minimum Gasteiger partial charge on any atom is -0.295 e. The number of Topliss-reactive ketones (excluding diaryl/α,β-unsaturated/α-hetero) is 1. The fourth-order valence-electron chi connectivity index (χ4n) is 1.41. The molecule has 0 aliphatic rings. The number of carbonyl (C=O) groups excluding carboxylic acids is 1. The summed E-state index contributed by atoms with van der Waals surface area (Å²) in [5, 5.41) is 9.38. The van der Waals surface area contributed by atoms with E-state index in [0.717, 1.165) is 5.56 Å². The van der Waals surface area contributed by atoms with Gasteiger partial charge in [0.15, 0.2) is 5.78 Å². The van der Waals surface area contributed by atoms with Gasteiger partial charge in [-0.2, -0.15) is 5.26 Å². The molecule has 0 amide bonds. The highest BCUT2D eigenvalue weighted by molar-refractivity contribution is 6.40. The van der Waals surface area contributed by atoms with E-state index in [9.17, 15) is 4.79 Å². The topological polar surface area (TPSA) is 40.9 Å². The normalized spacial score (nSPS) is 9.57. The van der Waals surface area contributed by atoms with Crippen molar-refractivity contribution in [1.82, 2.24) is 0 Å². The summed E-state index contributed by atoms with van der Waals surface area (Å²) in [5.41, 5.74) is 2.47. The van der Waals surface area contributed by atoms with E-state index in [2.05, 4.69) is 6.07 Å². The first-order chi connectivity index (χ1) is 6.49. The molecule has 0 spiro atoms. The van der Waals surface area contributed by atoms with Crippen LogP contribution < -0.4 is 5.46 Å². The van der Waals surface area contributed by atoms with E-state index in [1.165, 1.54) is 6.92 Å². The minimum atomic E-state index is -0.0686. The molecule has 0 bridgehead atoms. The van der Waals surface area contributed by atoms with E-state index in [0.29, 0.717) is 21.6 Å². The van der Waals surface area contributed by atoms with Gasteiger partial charge in [0.05, 0.1) is 11.6 Å². The molecule has 0 aliphatic heterocycles. The van der Waals surface area contributed by atoms with Crippen LogP contribution in [0.4, 0.5) is 0 Å². The average Bonchev–Trinajstić information content (AvgIpc) is 2.12. The summed E-state index contributed by atoms with van der Waals surface area (Å²) in [6.45, 7) is 3.24. The monoisotopic (exact) mass is 205 g/mol. The molecule has 0 saturated carbocycles. The van der Waals surface area contributed by atoms with Crippen LogP contribution in [-0.2, 0) is 0 Å². The Kier molecular flexibility index (Phi) is 2.98. The number of nitrogens with zero attached hydrogens (tertiary/aromatic N) is 1. The molecule has 0 aromatic heterocycles. The van der Waals surface area contributed by atoms with Gasteiger partial charge in [0, 0.05) is 10.6 Å². The smallest absolute Gasteiger partial charge is 0.159 e. The van der Waals surface area contributed by atoms with Gasteiger partial charge in [0.25, 0.3) is 0 Å². The lowest BCUT2D eigenvalue weighted by atomic mass is 9.83. The highest BCUT2D eigenvalue weighted by atomic mass is 35.5. The van der Waals surface area contributed by atoms with Crippen molar-refractivity contribution in [2.75, 3.05) is 0 Å². The molecule has 0 aliphatic carbocycles. The molecule has 0 radical (unpaired) electrons. The molecular formula is C10H9BClNO. The summed E-state index contributed by atoms with van der Waals surface area (Å²) in [4.78, 5) is 11.2. The third kappa shape index (κ3) is 1.66. The van der Waals surface area contributed by atoms with Gasteiger partial charge in [-0.15, -0.1) is 0 Å². The van der Waals surface area contributed by atoms with Crippen LogP contribution in [0.2, 0.25) is 5.02 Å². The highest BCUT2D eigenvalue weighted by Gasteiger charge is 2.13. The van der Waals surface area contributed by atoms with E-state index in [1.807, 2.05) is 0 Å². The summed E-state index contributed by atoms with van der Waals surface area (Å²) in [5.74, 6) is -0.0686. The molecule has 2 nitrogen and oxygen atoms in total. The first-order valence-corrected chi connectivity index (χ1v) is 4.57. The third-order valence-corrected chi connectivity index (χ3v) is 2.67. The molecule has 14 heavy (non-hydrogen) atoms. The molecule has 0 fully saturated rings. The van der Waals surface area contributed by atoms with Crippen LogP contribution in [-0.4, -0.2) is 13.6 Å². The molecule has 1 aromatic carbocycles. The van der Waals surface area contributed by atoms with Gasteiger partial charge >= 0.3 is 0 Å². The van der Waals surface area contributed by atoms with Gasteiger partial charge in [0.2, 0.25) is 0 Å². The zero-order valence-electron chi connectivity index (χ0n) is 8.31. The maximum absolute atomic E-state index is 11.2. The van der Waals surface area contributed by atoms with Crippen molar-refractivity contribution in [3.63, 3.8) is 0 Å². The van der Waals surface area contributed by atoms with Crippen molar-refractivity contribution < 1.29 is 4.79 Å². The Morgan fingerprint density at radius 1 is 1.64 bits per heavy atom. The fourth-order valence-corrected chi connectivity index (χ4v) is 1.62. The summed E-state index contributed by atoms with van der Waals surface area (Å²) in [7, 11) is 1.76. The summed E-state index contributed by atoms with van der Waals surface area (Å²) >= 11 is 5.91. The zero-order valence-corrected chi connectivity index (χ0v) is 9.07. The predicted octanol–water partition coefficient (Wildman–Crippen LogP) is 0.981. The lowest BCUT2D eigenvalue weighted by Crippen LogP contribution is -2.19. The van der Waals surface area contributed by atoms with E-state index in [-0.39, 0.29) is 5.78 Å². The number of hydrogen-bond donors (Lipinski definition) is 0. The maximum atomic E-state index is 11.2. The lowest BCUT2D eigenvalue weighted by molar-refractivity contribution is 0.101. The molecule has 0 heterocycles. The number of ketones is 1. The molecule has 0 atom stereocenters. The Balaban J connectivity index is 3.61. The number of halogens is 1. The Morgan fingerprint density at radius 2 is 2.21 bits per heavy atom. The second kappa shape index (κ2) is 3.85. The van der Waals surface area contributed by atoms with E-state index >= 15 is 0 Å². The van der Waals surface area contributed by atoms with Crippen LogP contribution in [0.5, 0.6) is 0 Å². The standard InChI is InChI=1S/C10H9BClNO/c1-5-8(4-13)10(11)7(6(2)14)3-9(5)12/h3H,11H2,1-2H3. The second-order valence-electron chi connectivity index (χ2n) is 3.20. The number of nitriles is 1. The Bertz CT molecular complexity index is 448. The van der Waals surface area contributed by atoms with E-state index < -0.39 is 0 Å². The van der Waals surface area contributed by atoms with Crippen LogP contribution in [0.25, 0.3) is 0 Å². The van der Waals surface area contributed by atoms with Crippen molar-refractivity contribution in [2.45, 2.75) is 13.8 Å². The van der Waals surface area contributed by atoms with Gasteiger partial charge in [-0.25, -0.2) is 0 Å². The Labute approximate surface area is 88.9 Å². The van der Waals surface area contributed by atoms with Crippen molar-refractivity contribution >= 4 is 30.7 Å². The summed E-state index contributed by atoms with van der Waals surface area (Å²) in [6, 6.07) is 3.68.